The maximum atomic E-state index is 6.43. The molecule has 0 aromatic carbocycles. The summed E-state index contributed by atoms with van der Waals surface area (Å²) in [6, 6.07) is 4.15. The molecule has 2 aliphatic rings. The number of ether oxygens (including phenoxy) is 3. The summed E-state index contributed by atoms with van der Waals surface area (Å²) < 4.78 is 18.6. The Hall–Kier alpha value is -2.33. The van der Waals surface area contributed by atoms with Crippen LogP contribution in [0.5, 0.6) is 0 Å². The predicted molar refractivity (Wildman–Crippen MR) is 126 cm³/mol. The molecule has 0 radical (unpaired) electrons. The summed E-state index contributed by atoms with van der Waals surface area (Å²) in [5.41, 5.74) is 2.54. The third-order valence-electron chi connectivity index (χ3n) is 5.93. The van der Waals surface area contributed by atoms with Crippen molar-refractivity contribution in [2.75, 3.05) is 13.7 Å². The van der Waals surface area contributed by atoms with Crippen molar-refractivity contribution in [1.29, 1.82) is 0 Å². The fraction of sp³-hybridized carbons (Fsp3) is 0.519. The number of aromatic nitrogens is 1. The Bertz CT molecular complexity index is 773. The Balaban J connectivity index is 1.76. The number of rotatable bonds is 11. The van der Waals surface area contributed by atoms with Crippen molar-refractivity contribution in [3.63, 3.8) is 0 Å². The SMILES string of the molecule is C/C=C\C=C/CCOC(Cc1ccncc1)C1=CC(OC2CCCC2)=C(OC)CCC1. The highest BCUT2D eigenvalue weighted by Gasteiger charge is 2.24. The van der Waals surface area contributed by atoms with Crippen molar-refractivity contribution in [2.24, 2.45) is 0 Å². The van der Waals surface area contributed by atoms with E-state index in [1.807, 2.05) is 31.5 Å². The van der Waals surface area contributed by atoms with Crippen LogP contribution in [0.2, 0.25) is 0 Å². The Morgan fingerprint density at radius 3 is 2.65 bits per heavy atom. The van der Waals surface area contributed by atoms with Gasteiger partial charge in [-0.05, 0) is 81.2 Å². The van der Waals surface area contributed by atoms with Crippen LogP contribution >= 0.6 is 0 Å². The Morgan fingerprint density at radius 2 is 1.90 bits per heavy atom. The molecule has 0 bridgehead atoms. The summed E-state index contributed by atoms with van der Waals surface area (Å²) in [6.07, 6.45) is 24.0. The largest absolute Gasteiger partial charge is 0.497 e. The molecule has 4 heteroatoms. The second-order valence-corrected chi connectivity index (χ2v) is 8.25. The van der Waals surface area contributed by atoms with Gasteiger partial charge >= 0.3 is 0 Å². The van der Waals surface area contributed by atoms with Crippen LogP contribution in [0, 0.1) is 0 Å². The van der Waals surface area contributed by atoms with Crippen LogP contribution in [0.1, 0.15) is 63.9 Å². The number of pyridine rings is 1. The lowest BCUT2D eigenvalue weighted by atomic mass is 9.98. The van der Waals surface area contributed by atoms with Crippen LogP contribution in [0.25, 0.3) is 0 Å². The van der Waals surface area contributed by atoms with Gasteiger partial charge in [0, 0.05) is 25.2 Å². The highest BCUT2D eigenvalue weighted by Crippen LogP contribution is 2.32. The number of allylic oxidation sites excluding steroid dienone is 5. The maximum absolute atomic E-state index is 6.43. The molecule has 168 valence electrons. The van der Waals surface area contributed by atoms with Crippen molar-refractivity contribution in [2.45, 2.75) is 76.9 Å². The topological polar surface area (TPSA) is 40.6 Å². The van der Waals surface area contributed by atoms with Gasteiger partial charge in [-0.3, -0.25) is 4.98 Å². The average molecular weight is 424 g/mol. The molecule has 1 heterocycles. The molecule has 1 aromatic heterocycles. The normalized spacial score (nSPS) is 19.1. The molecule has 1 aromatic rings. The first kappa shape index (κ1) is 23.3. The Labute approximate surface area is 187 Å². The number of methoxy groups -OCH3 is 1. The quantitative estimate of drug-likeness (QED) is 0.302. The van der Waals surface area contributed by atoms with Gasteiger partial charge in [-0.15, -0.1) is 0 Å². The maximum Gasteiger partial charge on any atom is 0.157 e. The zero-order chi connectivity index (χ0) is 21.7. The summed E-state index contributed by atoms with van der Waals surface area (Å²) in [4.78, 5) is 4.16. The molecular formula is C27H37NO3. The lowest BCUT2D eigenvalue weighted by molar-refractivity contribution is 0.0777. The van der Waals surface area contributed by atoms with E-state index in [-0.39, 0.29) is 6.10 Å². The van der Waals surface area contributed by atoms with Gasteiger partial charge in [0.25, 0.3) is 0 Å². The fourth-order valence-corrected chi connectivity index (χ4v) is 4.23. The number of nitrogens with zero attached hydrogens (tertiary/aromatic N) is 1. The van der Waals surface area contributed by atoms with E-state index in [1.165, 1.54) is 24.0 Å². The molecule has 1 fully saturated rings. The van der Waals surface area contributed by atoms with Crippen LogP contribution < -0.4 is 0 Å². The molecule has 0 amide bonds. The van der Waals surface area contributed by atoms with Crippen LogP contribution in [0.4, 0.5) is 0 Å². The van der Waals surface area contributed by atoms with Gasteiger partial charge in [-0.2, -0.15) is 0 Å². The first-order valence-corrected chi connectivity index (χ1v) is 11.7. The summed E-state index contributed by atoms with van der Waals surface area (Å²) >= 11 is 0. The van der Waals surface area contributed by atoms with Gasteiger partial charge in [-0.25, -0.2) is 0 Å². The second-order valence-electron chi connectivity index (χ2n) is 8.25. The van der Waals surface area contributed by atoms with Gasteiger partial charge < -0.3 is 14.2 Å². The molecule has 1 unspecified atom stereocenters. The van der Waals surface area contributed by atoms with E-state index in [1.54, 1.807) is 7.11 Å². The van der Waals surface area contributed by atoms with Crippen LogP contribution in [0.3, 0.4) is 0 Å². The van der Waals surface area contributed by atoms with E-state index in [0.29, 0.717) is 12.7 Å². The lowest BCUT2D eigenvalue weighted by Crippen LogP contribution is -2.20. The first-order valence-electron chi connectivity index (χ1n) is 11.7. The molecule has 0 saturated heterocycles. The predicted octanol–water partition coefficient (Wildman–Crippen LogP) is 6.46. The third kappa shape index (κ3) is 7.70. The van der Waals surface area contributed by atoms with Gasteiger partial charge in [0.2, 0.25) is 0 Å². The van der Waals surface area contributed by atoms with E-state index in [0.717, 1.165) is 56.5 Å². The summed E-state index contributed by atoms with van der Waals surface area (Å²) in [6.45, 7) is 2.72. The van der Waals surface area contributed by atoms with Crippen molar-refractivity contribution in [3.05, 3.63) is 77.6 Å². The average Bonchev–Trinajstić information content (AvgIpc) is 3.22. The van der Waals surface area contributed by atoms with Crippen molar-refractivity contribution in [1.82, 2.24) is 4.98 Å². The molecule has 1 saturated carbocycles. The third-order valence-corrected chi connectivity index (χ3v) is 5.93. The van der Waals surface area contributed by atoms with Gasteiger partial charge in [-0.1, -0.05) is 24.3 Å². The van der Waals surface area contributed by atoms with Crippen molar-refractivity contribution in [3.8, 4) is 0 Å². The van der Waals surface area contributed by atoms with E-state index in [9.17, 15) is 0 Å². The molecule has 31 heavy (non-hydrogen) atoms. The van der Waals surface area contributed by atoms with Gasteiger partial charge in [0.15, 0.2) is 5.76 Å². The molecule has 0 N–H and O–H groups in total. The molecular weight excluding hydrogens is 386 g/mol. The molecule has 1 atom stereocenters. The van der Waals surface area contributed by atoms with E-state index in [2.05, 4.69) is 35.3 Å². The Kier molecular flexibility index (Phi) is 9.91. The fourth-order valence-electron chi connectivity index (χ4n) is 4.23. The number of hydrogen-bond donors (Lipinski definition) is 0. The molecule has 3 rings (SSSR count). The van der Waals surface area contributed by atoms with Crippen LogP contribution in [0.15, 0.2) is 72.0 Å². The highest BCUT2D eigenvalue weighted by atomic mass is 16.5. The molecule has 0 spiro atoms. The van der Waals surface area contributed by atoms with Crippen molar-refractivity contribution >= 4 is 0 Å². The zero-order valence-electron chi connectivity index (χ0n) is 19.1. The van der Waals surface area contributed by atoms with Crippen LogP contribution in [-0.2, 0) is 20.6 Å². The highest BCUT2D eigenvalue weighted by molar-refractivity contribution is 5.28. The smallest absolute Gasteiger partial charge is 0.157 e. The van der Waals surface area contributed by atoms with E-state index < -0.39 is 0 Å². The standard InChI is InChI=1S/C27H37NO3/c1-3-4-5-6-9-19-30-26(20-22-15-17-28-18-16-22)23-11-10-14-25(29-2)27(21-23)31-24-12-7-8-13-24/h3-6,15-18,21,24,26H,7-14,19-20H2,1-2H3/b4-3-,6-5-. The molecule has 2 aliphatic carbocycles. The van der Waals surface area contributed by atoms with E-state index >= 15 is 0 Å². The van der Waals surface area contributed by atoms with Crippen molar-refractivity contribution < 1.29 is 14.2 Å². The van der Waals surface area contributed by atoms with Gasteiger partial charge in [0.05, 0.1) is 25.9 Å². The summed E-state index contributed by atoms with van der Waals surface area (Å²) in [7, 11) is 1.76. The first-order chi connectivity index (χ1) is 15.3. The van der Waals surface area contributed by atoms with Crippen LogP contribution in [-0.4, -0.2) is 30.9 Å². The Morgan fingerprint density at radius 1 is 1.10 bits per heavy atom. The monoisotopic (exact) mass is 423 g/mol. The molecule has 4 nitrogen and oxygen atoms in total. The van der Waals surface area contributed by atoms with Gasteiger partial charge in [0.1, 0.15) is 5.76 Å². The summed E-state index contributed by atoms with van der Waals surface area (Å²) in [5.74, 6) is 1.89. The number of hydrogen-bond acceptors (Lipinski definition) is 4. The minimum absolute atomic E-state index is 0.0240. The summed E-state index contributed by atoms with van der Waals surface area (Å²) in [5, 5.41) is 0. The minimum Gasteiger partial charge on any atom is -0.497 e. The lowest BCUT2D eigenvalue weighted by Gasteiger charge is -2.22. The minimum atomic E-state index is 0.0240. The van der Waals surface area contributed by atoms with E-state index in [4.69, 9.17) is 14.2 Å². The zero-order valence-corrected chi connectivity index (χ0v) is 19.1. The second kappa shape index (κ2) is 13.2. The molecule has 0 aliphatic heterocycles.